The van der Waals surface area contributed by atoms with Crippen LogP contribution in [0, 0.1) is 5.82 Å². The van der Waals surface area contributed by atoms with Crippen molar-refractivity contribution in [1.29, 1.82) is 0 Å². The smallest absolute Gasteiger partial charge is 0.315 e. The molecule has 7 heteroatoms. The third kappa shape index (κ3) is 3.40. The molecule has 1 aromatic rings. The highest BCUT2D eigenvalue weighted by Crippen LogP contribution is 2.32. The Morgan fingerprint density at radius 1 is 1.19 bits per heavy atom. The van der Waals surface area contributed by atoms with E-state index in [1.807, 2.05) is 6.07 Å². The van der Waals surface area contributed by atoms with Crippen molar-refractivity contribution < 1.29 is 18.7 Å². The van der Waals surface area contributed by atoms with Gasteiger partial charge in [-0.25, -0.2) is 9.18 Å². The molecule has 1 aliphatic carbocycles. The molecule has 0 spiro atoms. The lowest BCUT2D eigenvalue weighted by Crippen LogP contribution is -2.61. The van der Waals surface area contributed by atoms with Gasteiger partial charge in [-0.3, -0.25) is 4.79 Å². The normalized spacial score (nSPS) is 30.6. The number of hydrogen-bond donors (Lipinski definition) is 3. The lowest BCUT2D eigenvalue weighted by molar-refractivity contribution is -0.125. The molecule has 140 valence electrons. The van der Waals surface area contributed by atoms with Gasteiger partial charge in [-0.2, -0.15) is 0 Å². The minimum absolute atomic E-state index is 0.00385. The van der Waals surface area contributed by atoms with Gasteiger partial charge in [-0.15, -0.1) is 0 Å². The summed E-state index contributed by atoms with van der Waals surface area (Å²) < 4.78 is 19.6. The van der Waals surface area contributed by atoms with Gasteiger partial charge in [0.05, 0.1) is 24.2 Å². The van der Waals surface area contributed by atoms with Gasteiger partial charge in [-0.05, 0) is 49.3 Å². The highest BCUT2D eigenvalue weighted by molar-refractivity contribution is 5.79. The first-order chi connectivity index (χ1) is 12.6. The van der Waals surface area contributed by atoms with Gasteiger partial charge < -0.3 is 20.7 Å². The van der Waals surface area contributed by atoms with Crippen LogP contribution < -0.4 is 16.0 Å². The fourth-order valence-electron chi connectivity index (χ4n) is 4.35. The van der Waals surface area contributed by atoms with Crippen molar-refractivity contribution in [3.63, 3.8) is 0 Å². The highest BCUT2D eigenvalue weighted by Gasteiger charge is 2.38. The Balaban J connectivity index is 1.40. The zero-order valence-electron chi connectivity index (χ0n) is 14.6. The molecular formula is C19H24FN3O3. The minimum atomic E-state index is -0.281. The summed E-state index contributed by atoms with van der Waals surface area (Å²) >= 11 is 0. The van der Waals surface area contributed by atoms with Crippen LogP contribution in [0.15, 0.2) is 18.2 Å². The van der Waals surface area contributed by atoms with E-state index in [-0.39, 0.29) is 42.0 Å². The monoisotopic (exact) mass is 361 g/mol. The molecule has 2 fully saturated rings. The molecule has 4 unspecified atom stereocenters. The van der Waals surface area contributed by atoms with Crippen LogP contribution in [0.1, 0.15) is 49.3 Å². The Kier molecular flexibility index (Phi) is 4.80. The average molecular weight is 361 g/mol. The molecule has 2 saturated heterocycles. The molecule has 26 heavy (non-hydrogen) atoms. The number of ether oxygens (including phenoxy) is 1. The number of carbonyl (C=O) groups is 2. The van der Waals surface area contributed by atoms with Gasteiger partial charge in [0, 0.05) is 13.0 Å². The van der Waals surface area contributed by atoms with E-state index in [0.29, 0.717) is 37.9 Å². The Morgan fingerprint density at radius 3 is 2.88 bits per heavy atom. The third-order valence-electron chi connectivity index (χ3n) is 5.64. The van der Waals surface area contributed by atoms with E-state index in [1.54, 1.807) is 6.07 Å². The first-order valence-electron chi connectivity index (χ1n) is 9.37. The third-order valence-corrected chi connectivity index (χ3v) is 5.64. The fourth-order valence-corrected chi connectivity index (χ4v) is 4.35. The predicted octanol–water partition coefficient (Wildman–Crippen LogP) is 1.94. The Morgan fingerprint density at radius 2 is 2.08 bits per heavy atom. The number of piperidine rings is 1. The summed E-state index contributed by atoms with van der Waals surface area (Å²) in [5.41, 5.74) is 1.55. The van der Waals surface area contributed by atoms with Gasteiger partial charge in [0.25, 0.3) is 0 Å². The minimum Gasteiger partial charge on any atom is -0.376 e. The van der Waals surface area contributed by atoms with Crippen molar-refractivity contribution in [2.24, 2.45) is 0 Å². The maximum atomic E-state index is 13.9. The largest absolute Gasteiger partial charge is 0.376 e. The molecular weight excluding hydrogens is 337 g/mol. The van der Waals surface area contributed by atoms with E-state index in [0.717, 1.165) is 18.4 Å². The summed E-state index contributed by atoms with van der Waals surface area (Å²) in [6.07, 6.45) is 4.13. The van der Waals surface area contributed by atoms with Crippen LogP contribution in [-0.2, 0) is 16.0 Å². The number of urea groups is 1. The summed E-state index contributed by atoms with van der Waals surface area (Å²) in [5, 5.41) is 8.94. The van der Waals surface area contributed by atoms with Gasteiger partial charge >= 0.3 is 6.03 Å². The Labute approximate surface area is 151 Å². The quantitative estimate of drug-likeness (QED) is 0.770. The standard InChI is InChI=1S/C19H24FN3O3/c20-13-4-1-3-12-11(13)6-7-14(12)21-19(25)22-15-8-9-17(24)23-18(15)16-5-2-10-26-16/h1,3-4,14-16,18H,2,5-10H2,(H,23,24)(H2,21,22,25). The average Bonchev–Trinajstić information content (AvgIpc) is 3.28. The van der Waals surface area contributed by atoms with Crippen molar-refractivity contribution in [2.45, 2.75) is 62.8 Å². The van der Waals surface area contributed by atoms with Crippen molar-refractivity contribution in [1.82, 2.24) is 16.0 Å². The molecule has 0 radical (unpaired) electrons. The van der Waals surface area contributed by atoms with Gasteiger partial charge in [0.2, 0.25) is 5.91 Å². The summed E-state index contributed by atoms with van der Waals surface area (Å²) in [5.74, 6) is -0.204. The molecule has 6 nitrogen and oxygen atoms in total. The number of carbonyl (C=O) groups excluding carboxylic acids is 2. The summed E-state index contributed by atoms with van der Waals surface area (Å²) in [6.45, 7) is 0.695. The molecule has 3 N–H and O–H groups in total. The van der Waals surface area contributed by atoms with Crippen LogP contribution in [0.3, 0.4) is 0 Å². The zero-order chi connectivity index (χ0) is 18.1. The van der Waals surface area contributed by atoms with Crippen molar-refractivity contribution in [3.8, 4) is 0 Å². The maximum Gasteiger partial charge on any atom is 0.315 e. The number of fused-ring (bicyclic) bond motifs is 1. The number of rotatable bonds is 3. The first kappa shape index (κ1) is 17.3. The second kappa shape index (κ2) is 7.23. The second-order valence-electron chi connectivity index (χ2n) is 7.31. The number of amides is 3. The fraction of sp³-hybridized carbons (Fsp3) is 0.579. The molecule has 3 aliphatic rings. The van der Waals surface area contributed by atoms with Crippen LogP contribution in [0.2, 0.25) is 0 Å². The van der Waals surface area contributed by atoms with E-state index in [9.17, 15) is 14.0 Å². The van der Waals surface area contributed by atoms with Crippen LogP contribution in [-0.4, -0.2) is 36.7 Å². The number of nitrogens with one attached hydrogen (secondary N) is 3. The molecule has 0 aromatic heterocycles. The van der Waals surface area contributed by atoms with E-state index in [2.05, 4.69) is 16.0 Å². The van der Waals surface area contributed by atoms with Gasteiger partial charge in [0.1, 0.15) is 5.82 Å². The topological polar surface area (TPSA) is 79.5 Å². The SMILES string of the molecule is O=C1CCC(NC(=O)NC2CCc3c(F)cccc32)C(C2CCCO2)N1. The van der Waals surface area contributed by atoms with Crippen molar-refractivity contribution in [2.75, 3.05) is 6.61 Å². The Hall–Kier alpha value is -2.15. The summed E-state index contributed by atoms with van der Waals surface area (Å²) in [4.78, 5) is 24.3. The second-order valence-corrected chi connectivity index (χ2v) is 7.31. The molecule has 2 heterocycles. The molecule has 3 amide bonds. The number of hydrogen-bond acceptors (Lipinski definition) is 3. The molecule has 2 aliphatic heterocycles. The van der Waals surface area contributed by atoms with E-state index < -0.39 is 0 Å². The molecule has 0 saturated carbocycles. The van der Waals surface area contributed by atoms with E-state index >= 15 is 0 Å². The zero-order valence-corrected chi connectivity index (χ0v) is 14.6. The van der Waals surface area contributed by atoms with Crippen molar-refractivity contribution in [3.05, 3.63) is 35.1 Å². The lowest BCUT2D eigenvalue weighted by Gasteiger charge is -2.36. The number of benzene rings is 1. The molecule has 1 aromatic carbocycles. The molecule has 4 rings (SSSR count). The van der Waals surface area contributed by atoms with Gasteiger partial charge in [-0.1, -0.05) is 12.1 Å². The van der Waals surface area contributed by atoms with Gasteiger partial charge in [0.15, 0.2) is 0 Å². The molecule has 4 atom stereocenters. The molecule has 0 bridgehead atoms. The lowest BCUT2D eigenvalue weighted by atomic mass is 9.92. The van der Waals surface area contributed by atoms with Crippen LogP contribution in [0.5, 0.6) is 0 Å². The van der Waals surface area contributed by atoms with Crippen LogP contribution in [0.4, 0.5) is 9.18 Å². The number of halogens is 1. The summed E-state index contributed by atoms with van der Waals surface area (Å²) in [7, 11) is 0. The van der Waals surface area contributed by atoms with Crippen molar-refractivity contribution >= 4 is 11.9 Å². The van der Waals surface area contributed by atoms with E-state index in [1.165, 1.54) is 6.07 Å². The van der Waals surface area contributed by atoms with Crippen LogP contribution in [0.25, 0.3) is 0 Å². The highest BCUT2D eigenvalue weighted by atomic mass is 19.1. The van der Waals surface area contributed by atoms with Crippen LogP contribution >= 0.6 is 0 Å². The first-order valence-corrected chi connectivity index (χ1v) is 9.37. The maximum absolute atomic E-state index is 13.9. The summed E-state index contributed by atoms with van der Waals surface area (Å²) in [6, 6.07) is 4.18. The predicted molar refractivity (Wildman–Crippen MR) is 93.1 cm³/mol. The van der Waals surface area contributed by atoms with E-state index in [4.69, 9.17) is 4.74 Å². The Bertz CT molecular complexity index is 705.